The molecular formula is C7H9BrClNO. The van der Waals surface area contributed by atoms with Gasteiger partial charge in [-0.1, -0.05) is 22.0 Å². The molecule has 1 rings (SSSR count). The molecule has 0 unspecified atom stereocenters. The Morgan fingerprint density at radius 1 is 1.55 bits per heavy atom. The van der Waals surface area contributed by atoms with Crippen LogP contribution < -0.4 is 4.74 Å². The second kappa shape index (κ2) is 5.38. The summed E-state index contributed by atoms with van der Waals surface area (Å²) in [6.07, 6.45) is 1.79. The van der Waals surface area contributed by atoms with Crippen LogP contribution in [0.2, 0.25) is 0 Å². The monoisotopic (exact) mass is 237 g/mol. The first-order valence-electron chi connectivity index (χ1n) is 2.91. The van der Waals surface area contributed by atoms with E-state index in [1.54, 1.807) is 13.3 Å². The van der Waals surface area contributed by atoms with E-state index in [0.29, 0.717) is 5.88 Å². The van der Waals surface area contributed by atoms with Gasteiger partial charge in [0.15, 0.2) is 0 Å². The Morgan fingerprint density at radius 2 is 2.27 bits per heavy atom. The topological polar surface area (TPSA) is 22.1 Å². The van der Waals surface area contributed by atoms with Crippen LogP contribution in [0.1, 0.15) is 5.56 Å². The summed E-state index contributed by atoms with van der Waals surface area (Å²) in [4.78, 5) is 4.02. The van der Waals surface area contributed by atoms with Crippen LogP contribution >= 0.6 is 28.3 Å². The summed E-state index contributed by atoms with van der Waals surface area (Å²) in [5, 5.41) is 0.837. The zero-order valence-corrected chi connectivity index (χ0v) is 8.48. The largest absolute Gasteiger partial charge is 0.481 e. The molecule has 1 aromatic rings. The molecule has 0 spiro atoms. The Balaban J connectivity index is 0.000001000. The van der Waals surface area contributed by atoms with Gasteiger partial charge in [-0.15, -0.1) is 12.4 Å². The maximum atomic E-state index is 4.89. The molecular weight excluding hydrogens is 229 g/mol. The third-order valence-electron chi connectivity index (χ3n) is 1.16. The summed E-state index contributed by atoms with van der Waals surface area (Å²) in [5.74, 6) is 0.657. The summed E-state index contributed by atoms with van der Waals surface area (Å²) < 4.78 is 4.89. The molecule has 62 valence electrons. The molecule has 0 bridgehead atoms. The number of halogens is 2. The molecule has 0 aliphatic heterocycles. The van der Waals surface area contributed by atoms with Gasteiger partial charge in [-0.3, -0.25) is 0 Å². The van der Waals surface area contributed by atoms with E-state index in [1.165, 1.54) is 0 Å². The number of pyridine rings is 1. The van der Waals surface area contributed by atoms with Crippen molar-refractivity contribution in [1.29, 1.82) is 0 Å². The van der Waals surface area contributed by atoms with E-state index < -0.39 is 0 Å². The van der Waals surface area contributed by atoms with E-state index in [-0.39, 0.29) is 12.4 Å². The molecule has 2 nitrogen and oxygen atoms in total. The van der Waals surface area contributed by atoms with E-state index >= 15 is 0 Å². The highest BCUT2D eigenvalue weighted by atomic mass is 79.9. The van der Waals surface area contributed by atoms with Crippen LogP contribution in [-0.2, 0) is 5.33 Å². The van der Waals surface area contributed by atoms with Crippen LogP contribution in [0.15, 0.2) is 18.3 Å². The second-order valence-corrected chi connectivity index (χ2v) is 2.40. The van der Waals surface area contributed by atoms with Crippen LogP contribution in [0.4, 0.5) is 0 Å². The fourth-order valence-electron chi connectivity index (χ4n) is 0.611. The first-order valence-corrected chi connectivity index (χ1v) is 4.04. The third-order valence-corrected chi connectivity index (χ3v) is 1.81. The summed E-state index contributed by atoms with van der Waals surface area (Å²) in [6, 6.07) is 3.82. The average Bonchev–Trinajstić information content (AvgIpc) is 2.05. The highest BCUT2D eigenvalue weighted by Crippen LogP contribution is 2.08. The Morgan fingerprint density at radius 3 is 2.64 bits per heavy atom. The molecule has 0 amide bonds. The Labute approximate surface area is 80.5 Å². The molecule has 0 N–H and O–H groups in total. The SMILES string of the molecule is COc1ccc(CBr)cn1.Cl. The van der Waals surface area contributed by atoms with Crippen molar-refractivity contribution in [2.45, 2.75) is 5.33 Å². The lowest BCUT2D eigenvalue weighted by Crippen LogP contribution is -1.87. The molecule has 0 atom stereocenters. The summed E-state index contributed by atoms with van der Waals surface area (Å²) in [5.41, 5.74) is 1.15. The van der Waals surface area contributed by atoms with Gasteiger partial charge in [0.25, 0.3) is 0 Å². The summed E-state index contributed by atoms with van der Waals surface area (Å²) >= 11 is 3.32. The number of hydrogen-bond donors (Lipinski definition) is 0. The average molecular weight is 239 g/mol. The Bertz CT molecular complexity index is 179. The van der Waals surface area contributed by atoms with E-state index in [2.05, 4.69) is 20.9 Å². The van der Waals surface area contributed by atoms with Gasteiger partial charge >= 0.3 is 0 Å². The molecule has 0 saturated carbocycles. The molecule has 1 aromatic heterocycles. The number of ether oxygens (including phenoxy) is 1. The first-order chi connectivity index (χ1) is 4.86. The standard InChI is InChI=1S/C7H8BrNO.ClH/c1-10-7-3-2-6(4-8)5-9-7;/h2-3,5H,4H2,1H3;1H. The third kappa shape index (κ3) is 3.08. The van der Waals surface area contributed by atoms with Crippen molar-refractivity contribution in [1.82, 2.24) is 4.98 Å². The van der Waals surface area contributed by atoms with Crippen LogP contribution in [0, 0.1) is 0 Å². The van der Waals surface area contributed by atoms with Crippen LogP contribution in [0.25, 0.3) is 0 Å². The minimum Gasteiger partial charge on any atom is -0.481 e. The Kier molecular flexibility index (Phi) is 5.24. The van der Waals surface area contributed by atoms with Gasteiger partial charge in [-0.25, -0.2) is 4.98 Å². The second-order valence-electron chi connectivity index (χ2n) is 1.84. The molecule has 0 saturated heterocycles. The quantitative estimate of drug-likeness (QED) is 0.738. The minimum atomic E-state index is 0. The smallest absolute Gasteiger partial charge is 0.212 e. The number of alkyl halides is 1. The predicted molar refractivity (Wildman–Crippen MR) is 50.7 cm³/mol. The molecule has 0 fully saturated rings. The summed E-state index contributed by atoms with van der Waals surface area (Å²) in [7, 11) is 1.61. The molecule has 0 aliphatic carbocycles. The number of aromatic nitrogens is 1. The van der Waals surface area contributed by atoms with Crippen LogP contribution in [0.3, 0.4) is 0 Å². The number of methoxy groups -OCH3 is 1. The van der Waals surface area contributed by atoms with E-state index in [9.17, 15) is 0 Å². The van der Waals surface area contributed by atoms with Gasteiger partial charge < -0.3 is 4.74 Å². The number of rotatable bonds is 2. The van der Waals surface area contributed by atoms with Crippen molar-refractivity contribution in [2.24, 2.45) is 0 Å². The number of nitrogens with zero attached hydrogens (tertiary/aromatic N) is 1. The van der Waals surface area contributed by atoms with Gasteiger partial charge in [0, 0.05) is 17.6 Å². The fraction of sp³-hybridized carbons (Fsp3) is 0.286. The highest BCUT2D eigenvalue weighted by Gasteiger charge is 1.91. The first kappa shape index (κ1) is 10.7. The van der Waals surface area contributed by atoms with E-state index in [1.807, 2.05) is 12.1 Å². The zero-order valence-electron chi connectivity index (χ0n) is 6.08. The van der Waals surface area contributed by atoms with Crippen LogP contribution in [-0.4, -0.2) is 12.1 Å². The van der Waals surface area contributed by atoms with E-state index in [4.69, 9.17) is 4.74 Å². The molecule has 0 radical (unpaired) electrons. The molecule has 1 heterocycles. The maximum Gasteiger partial charge on any atom is 0.212 e. The van der Waals surface area contributed by atoms with Crippen molar-refractivity contribution < 1.29 is 4.74 Å². The predicted octanol–water partition coefficient (Wildman–Crippen LogP) is 2.41. The van der Waals surface area contributed by atoms with Gasteiger partial charge in [0.2, 0.25) is 5.88 Å². The van der Waals surface area contributed by atoms with Crippen molar-refractivity contribution >= 4 is 28.3 Å². The lowest BCUT2D eigenvalue weighted by molar-refractivity contribution is 0.397. The zero-order chi connectivity index (χ0) is 7.40. The van der Waals surface area contributed by atoms with Crippen molar-refractivity contribution in [3.63, 3.8) is 0 Å². The summed E-state index contributed by atoms with van der Waals surface area (Å²) in [6.45, 7) is 0. The normalized spacial score (nSPS) is 8.55. The number of hydrogen-bond acceptors (Lipinski definition) is 2. The molecule has 0 aliphatic rings. The van der Waals surface area contributed by atoms with Gasteiger partial charge in [0.1, 0.15) is 0 Å². The van der Waals surface area contributed by atoms with Gasteiger partial charge in [-0.2, -0.15) is 0 Å². The van der Waals surface area contributed by atoms with E-state index in [0.717, 1.165) is 10.9 Å². The van der Waals surface area contributed by atoms with Crippen molar-refractivity contribution in [2.75, 3.05) is 7.11 Å². The highest BCUT2D eigenvalue weighted by molar-refractivity contribution is 9.08. The van der Waals surface area contributed by atoms with Gasteiger partial charge in [-0.05, 0) is 5.56 Å². The molecule has 0 aromatic carbocycles. The lowest BCUT2D eigenvalue weighted by atomic mass is 10.3. The van der Waals surface area contributed by atoms with Crippen LogP contribution in [0.5, 0.6) is 5.88 Å². The van der Waals surface area contributed by atoms with Crippen molar-refractivity contribution in [3.8, 4) is 5.88 Å². The molecule has 11 heavy (non-hydrogen) atoms. The fourth-order valence-corrected chi connectivity index (χ4v) is 0.942. The lowest BCUT2D eigenvalue weighted by Gasteiger charge is -1.97. The minimum absolute atomic E-state index is 0. The maximum absolute atomic E-state index is 4.89. The van der Waals surface area contributed by atoms with Crippen molar-refractivity contribution in [3.05, 3.63) is 23.9 Å². The van der Waals surface area contributed by atoms with Gasteiger partial charge in [0.05, 0.1) is 7.11 Å². The molecule has 4 heteroatoms. The Hall–Kier alpha value is -0.280.